The van der Waals surface area contributed by atoms with Crippen LogP contribution in [0.2, 0.25) is 0 Å². The molecule has 0 bridgehead atoms. The van der Waals surface area contributed by atoms with E-state index >= 15 is 0 Å². The lowest BCUT2D eigenvalue weighted by Gasteiger charge is -2.14. The van der Waals surface area contributed by atoms with Crippen LogP contribution in [0, 0.1) is 29.1 Å². The number of hydrogen-bond acceptors (Lipinski definition) is 3. The molecule has 25 heavy (non-hydrogen) atoms. The minimum absolute atomic E-state index is 0.456. The number of carbonyl (C=O) groups excluding carboxylic acids is 2. The van der Waals surface area contributed by atoms with E-state index in [9.17, 15) is 31.5 Å². The quantitative estimate of drug-likeness (QED) is 0.516. The Morgan fingerprint density at radius 1 is 0.960 bits per heavy atom. The van der Waals surface area contributed by atoms with Gasteiger partial charge in [-0.05, 0) is 31.2 Å². The number of amides is 1. The molecule has 0 fully saturated rings. The standard InChI is InChI=1S/C16H10F5NO3/c1-7(25-16(24)9-3-2-8(17)6-11(9)19)15(23)22-12-5-4-10(18)13(20)14(12)21/h2-7H,1H3,(H,22,23)/t7-/m0/s1. The first kappa shape index (κ1) is 18.4. The molecule has 0 saturated carbocycles. The Labute approximate surface area is 138 Å². The predicted molar refractivity (Wildman–Crippen MR) is 76.2 cm³/mol. The average Bonchev–Trinajstić information content (AvgIpc) is 2.55. The Bertz CT molecular complexity index is 841. The Morgan fingerprint density at radius 2 is 1.64 bits per heavy atom. The van der Waals surface area contributed by atoms with Gasteiger partial charge in [-0.1, -0.05) is 0 Å². The second-order valence-corrected chi connectivity index (χ2v) is 4.88. The molecule has 0 aliphatic rings. The fourth-order valence-corrected chi connectivity index (χ4v) is 1.79. The molecule has 2 aromatic rings. The van der Waals surface area contributed by atoms with Crippen molar-refractivity contribution in [2.45, 2.75) is 13.0 Å². The Balaban J connectivity index is 2.08. The predicted octanol–water partition coefficient (Wildman–Crippen LogP) is 3.57. The van der Waals surface area contributed by atoms with Crippen LogP contribution in [0.3, 0.4) is 0 Å². The highest BCUT2D eigenvalue weighted by atomic mass is 19.2. The van der Waals surface area contributed by atoms with E-state index in [2.05, 4.69) is 4.74 Å². The third-order valence-electron chi connectivity index (χ3n) is 3.10. The summed E-state index contributed by atoms with van der Waals surface area (Å²) >= 11 is 0. The lowest BCUT2D eigenvalue weighted by atomic mass is 10.2. The summed E-state index contributed by atoms with van der Waals surface area (Å²) in [5, 5.41) is 1.91. The third-order valence-corrected chi connectivity index (χ3v) is 3.10. The van der Waals surface area contributed by atoms with E-state index in [1.165, 1.54) is 0 Å². The van der Waals surface area contributed by atoms with Crippen molar-refractivity contribution in [3.8, 4) is 0 Å². The van der Waals surface area contributed by atoms with Crippen molar-refractivity contribution >= 4 is 17.6 Å². The fraction of sp³-hybridized carbons (Fsp3) is 0.125. The van der Waals surface area contributed by atoms with Gasteiger partial charge in [0, 0.05) is 6.07 Å². The smallest absolute Gasteiger partial charge is 0.341 e. The molecule has 2 rings (SSSR count). The molecule has 132 valence electrons. The maximum atomic E-state index is 13.5. The molecule has 0 radical (unpaired) electrons. The van der Waals surface area contributed by atoms with Gasteiger partial charge in [-0.3, -0.25) is 4.79 Å². The number of hydrogen-bond donors (Lipinski definition) is 1. The van der Waals surface area contributed by atoms with Gasteiger partial charge in [0.25, 0.3) is 5.91 Å². The van der Waals surface area contributed by atoms with Gasteiger partial charge in [-0.25, -0.2) is 26.7 Å². The highest BCUT2D eigenvalue weighted by Gasteiger charge is 2.23. The first-order valence-corrected chi connectivity index (χ1v) is 6.81. The third kappa shape index (κ3) is 4.11. The van der Waals surface area contributed by atoms with E-state index in [1.807, 2.05) is 5.32 Å². The zero-order chi connectivity index (χ0) is 18.7. The molecular formula is C16H10F5NO3. The van der Waals surface area contributed by atoms with Crippen LogP contribution in [0.5, 0.6) is 0 Å². The van der Waals surface area contributed by atoms with E-state index in [0.29, 0.717) is 12.1 Å². The largest absolute Gasteiger partial charge is 0.449 e. The number of anilines is 1. The number of esters is 1. The number of halogens is 5. The van der Waals surface area contributed by atoms with Gasteiger partial charge in [0.2, 0.25) is 0 Å². The van der Waals surface area contributed by atoms with Gasteiger partial charge in [0.1, 0.15) is 11.6 Å². The molecule has 1 atom stereocenters. The Morgan fingerprint density at radius 3 is 2.28 bits per heavy atom. The number of carbonyl (C=O) groups is 2. The molecule has 0 unspecified atom stereocenters. The van der Waals surface area contributed by atoms with Crippen molar-refractivity contribution in [1.29, 1.82) is 0 Å². The van der Waals surface area contributed by atoms with Gasteiger partial charge in [0.15, 0.2) is 23.6 Å². The normalized spacial score (nSPS) is 11.8. The molecule has 1 amide bonds. The summed E-state index contributed by atoms with van der Waals surface area (Å²) in [6.07, 6.45) is -1.52. The highest BCUT2D eigenvalue weighted by Crippen LogP contribution is 2.20. The Kier molecular flexibility index (Phi) is 5.35. The second kappa shape index (κ2) is 7.29. The van der Waals surface area contributed by atoms with Crippen LogP contribution in [0.4, 0.5) is 27.6 Å². The highest BCUT2D eigenvalue weighted by molar-refractivity contribution is 5.97. The second-order valence-electron chi connectivity index (χ2n) is 4.88. The lowest BCUT2D eigenvalue weighted by Crippen LogP contribution is -2.30. The molecule has 0 aliphatic heterocycles. The minimum Gasteiger partial charge on any atom is -0.449 e. The van der Waals surface area contributed by atoms with Crippen LogP contribution in [-0.2, 0) is 9.53 Å². The lowest BCUT2D eigenvalue weighted by molar-refractivity contribution is -0.123. The topological polar surface area (TPSA) is 55.4 Å². The van der Waals surface area contributed by atoms with E-state index < -0.39 is 58.3 Å². The van der Waals surface area contributed by atoms with Crippen molar-refractivity contribution < 1.29 is 36.3 Å². The van der Waals surface area contributed by atoms with Crippen molar-refractivity contribution in [2.24, 2.45) is 0 Å². The molecule has 1 N–H and O–H groups in total. The zero-order valence-corrected chi connectivity index (χ0v) is 12.6. The summed E-state index contributed by atoms with van der Waals surface area (Å²) in [5.41, 5.74) is -1.28. The van der Waals surface area contributed by atoms with Crippen molar-refractivity contribution in [2.75, 3.05) is 5.32 Å². The molecule has 0 spiro atoms. The van der Waals surface area contributed by atoms with Crippen molar-refractivity contribution in [3.63, 3.8) is 0 Å². The number of ether oxygens (including phenoxy) is 1. The first-order valence-electron chi connectivity index (χ1n) is 6.81. The molecule has 0 aliphatic carbocycles. The van der Waals surface area contributed by atoms with Crippen LogP contribution in [0.15, 0.2) is 30.3 Å². The summed E-state index contributed by atoms with van der Waals surface area (Å²) in [5.74, 6) is -9.28. The number of benzene rings is 2. The van der Waals surface area contributed by atoms with E-state index in [-0.39, 0.29) is 0 Å². The minimum atomic E-state index is -1.78. The van der Waals surface area contributed by atoms with Crippen LogP contribution in [0.1, 0.15) is 17.3 Å². The average molecular weight is 359 g/mol. The summed E-state index contributed by atoms with van der Waals surface area (Å²) in [4.78, 5) is 23.6. The van der Waals surface area contributed by atoms with Crippen molar-refractivity contribution in [3.05, 3.63) is 65.0 Å². The maximum Gasteiger partial charge on any atom is 0.341 e. The van der Waals surface area contributed by atoms with E-state index in [4.69, 9.17) is 0 Å². The van der Waals surface area contributed by atoms with Gasteiger partial charge in [-0.15, -0.1) is 0 Å². The SMILES string of the molecule is C[C@H](OC(=O)c1ccc(F)cc1F)C(=O)Nc1ccc(F)c(F)c1F. The monoisotopic (exact) mass is 359 g/mol. The van der Waals surface area contributed by atoms with Gasteiger partial charge in [-0.2, -0.15) is 0 Å². The van der Waals surface area contributed by atoms with Gasteiger partial charge in [0.05, 0.1) is 11.3 Å². The molecule has 9 heteroatoms. The molecule has 0 saturated heterocycles. The van der Waals surface area contributed by atoms with Crippen LogP contribution >= 0.6 is 0 Å². The molecule has 4 nitrogen and oxygen atoms in total. The molecule has 0 aromatic heterocycles. The van der Waals surface area contributed by atoms with Crippen molar-refractivity contribution in [1.82, 2.24) is 0 Å². The summed E-state index contributed by atoms with van der Waals surface area (Å²) in [6, 6.07) is 3.48. The Hall–Kier alpha value is -2.97. The van der Waals surface area contributed by atoms with E-state index in [0.717, 1.165) is 25.1 Å². The summed E-state index contributed by atoms with van der Waals surface area (Å²) in [7, 11) is 0. The van der Waals surface area contributed by atoms with Crippen LogP contribution in [0.25, 0.3) is 0 Å². The number of rotatable bonds is 4. The summed E-state index contributed by atoms with van der Waals surface area (Å²) < 4.78 is 70.3. The molecule has 2 aromatic carbocycles. The van der Waals surface area contributed by atoms with Crippen LogP contribution < -0.4 is 5.32 Å². The molecule has 0 heterocycles. The summed E-state index contributed by atoms with van der Waals surface area (Å²) in [6.45, 7) is 1.09. The molecular weight excluding hydrogens is 349 g/mol. The zero-order valence-electron chi connectivity index (χ0n) is 12.6. The first-order chi connectivity index (χ1) is 11.7. The maximum absolute atomic E-state index is 13.5. The van der Waals surface area contributed by atoms with Gasteiger partial charge < -0.3 is 10.1 Å². The van der Waals surface area contributed by atoms with Crippen LogP contribution in [-0.4, -0.2) is 18.0 Å². The fourth-order valence-electron chi connectivity index (χ4n) is 1.79. The van der Waals surface area contributed by atoms with Gasteiger partial charge >= 0.3 is 5.97 Å². The van der Waals surface area contributed by atoms with E-state index in [1.54, 1.807) is 0 Å². The number of nitrogens with one attached hydrogen (secondary N) is 1.